The number of sulfonamides is 1. The van der Waals surface area contributed by atoms with Crippen molar-refractivity contribution in [3.05, 3.63) is 47.2 Å². The fourth-order valence-corrected chi connectivity index (χ4v) is 6.18. The van der Waals surface area contributed by atoms with Gasteiger partial charge in [0.15, 0.2) is 0 Å². The maximum absolute atomic E-state index is 14.0. The molecule has 3 aromatic heterocycles. The number of methoxy groups -OCH3 is 1. The second-order valence-electron chi connectivity index (χ2n) is 8.88. The highest BCUT2D eigenvalue weighted by Gasteiger charge is 2.32. The van der Waals surface area contributed by atoms with Crippen LogP contribution in [0.1, 0.15) is 11.3 Å². The zero-order valence-electron chi connectivity index (χ0n) is 19.8. The summed E-state index contributed by atoms with van der Waals surface area (Å²) in [4.78, 5) is 13.9. The molecule has 0 atom stereocenters. The third-order valence-corrected chi connectivity index (χ3v) is 9.28. The molecular weight excluding hydrogens is 476 g/mol. The van der Waals surface area contributed by atoms with Crippen LogP contribution in [-0.2, 0) is 14.8 Å². The maximum atomic E-state index is 14.0. The molecule has 33 heavy (non-hydrogen) atoms. The largest absolute Gasteiger partial charge is 0.478 e. The van der Waals surface area contributed by atoms with Crippen molar-refractivity contribution >= 4 is 35.3 Å². The molecule has 0 fully saturated rings. The highest BCUT2D eigenvalue weighted by atomic mass is 32.2. The average molecular weight is 507 g/mol. The van der Waals surface area contributed by atoms with Crippen LogP contribution in [0.15, 0.2) is 40.9 Å². The lowest BCUT2D eigenvalue weighted by atomic mass is 10.2. The highest BCUT2D eigenvalue weighted by molar-refractivity contribution is 7.93. The van der Waals surface area contributed by atoms with Gasteiger partial charge in [0, 0.05) is 20.9 Å². The summed E-state index contributed by atoms with van der Waals surface area (Å²) in [7, 11) is -4.01. The molecule has 8 nitrogen and oxygen atoms in total. The Labute approximate surface area is 200 Å². The van der Waals surface area contributed by atoms with E-state index in [1.54, 1.807) is 25.3 Å². The van der Waals surface area contributed by atoms with Crippen molar-refractivity contribution in [1.29, 1.82) is 0 Å². The number of rotatable bonds is 10. The molecule has 0 radical (unpaired) electrons. The number of hydrogen-bond acceptors (Lipinski definition) is 8. The summed E-state index contributed by atoms with van der Waals surface area (Å²) in [5.41, 5.74) is 2.05. The van der Waals surface area contributed by atoms with Crippen LogP contribution in [0.3, 0.4) is 0 Å². The smallest absolute Gasteiger partial charge is 0.269 e. The van der Waals surface area contributed by atoms with E-state index in [1.165, 1.54) is 24.6 Å². The number of aromatic nitrogens is 3. The minimum Gasteiger partial charge on any atom is -0.478 e. The van der Waals surface area contributed by atoms with Crippen LogP contribution in [0.2, 0.25) is 25.7 Å². The number of anilines is 1. The molecule has 0 N–H and O–H groups in total. The van der Waals surface area contributed by atoms with Gasteiger partial charge in [0.05, 0.1) is 23.9 Å². The predicted octanol–water partition coefficient (Wildman–Crippen LogP) is 4.73. The Balaban J connectivity index is 2.07. The lowest BCUT2D eigenvalue weighted by Crippen LogP contribution is -2.35. The summed E-state index contributed by atoms with van der Waals surface area (Å²) in [6.45, 7) is 10.7. The fourth-order valence-electron chi connectivity index (χ4n) is 2.98. The van der Waals surface area contributed by atoms with Gasteiger partial charge >= 0.3 is 0 Å². The van der Waals surface area contributed by atoms with Gasteiger partial charge in [-0.25, -0.2) is 22.7 Å². The number of aryl methyl sites for hydroxylation is 2. The van der Waals surface area contributed by atoms with Crippen LogP contribution >= 0.6 is 11.3 Å². The molecule has 3 aromatic rings. The number of ether oxygens (including phenoxy) is 2. The second kappa shape index (κ2) is 10.3. The van der Waals surface area contributed by atoms with Gasteiger partial charge in [0.1, 0.15) is 17.3 Å². The Morgan fingerprint density at radius 2 is 1.94 bits per heavy atom. The lowest BCUT2D eigenvalue weighted by molar-refractivity contribution is 0.155. The average Bonchev–Trinajstić information content (AvgIpc) is 3.19. The van der Waals surface area contributed by atoms with Crippen LogP contribution in [0, 0.1) is 13.8 Å². The van der Waals surface area contributed by atoms with Crippen molar-refractivity contribution in [2.45, 2.75) is 44.4 Å². The Kier molecular flexibility index (Phi) is 7.88. The molecule has 0 aliphatic heterocycles. The minimum atomic E-state index is -4.10. The first-order valence-electron chi connectivity index (χ1n) is 10.5. The van der Waals surface area contributed by atoms with Crippen LogP contribution in [-0.4, -0.2) is 51.9 Å². The zero-order valence-corrected chi connectivity index (χ0v) is 22.5. The van der Waals surface area contributed by atoms with Crippen LogP contribution in [0.4, 0.5) is 5.82 Å². The van der Waals surface area contributed by atoms with Gasteiger partial charge in [-0.2, -0.15) is 0 Å². The standard InChI is InChI=1S/C22H30N4O4S2Si/c1-16-12-18(31-14-16)20-19(8-7-9-23-20)32(27,28)26(15-30-10-11-33(4,5)6)21-22(29-3)25-17(2)13-24-21/h7-9,12-14H,10-11,15H2,1-6H3. The summed E-state index contributed by atoms with van der Waals surface area (Å²) in [6.07, 6.45) is 3.10. The summed E-state index contributed by atoms with van der Waals surface area (Å²) in [6, 6.07) is 5.99. The molecule has 3 rings (SSSR count). The van der Waals surface area contributed by atoms with Crippen molar-refractivity contribution in [3.8, 4) is 16.5 Å². The van der Waals surface area contributed by atoms with Gasteiger partial charge < -0.3 is 9.47 Å². The quantitative estimate of drug-likeness (QED) is 0.223. The number of pyridine rings is 1. The van der Waals surface area contributed by atoms with E-state index in [4.69, 9.17) is 9.47 Å². The molecule has 0 unspecified atom stereocenters. The maximum Gasteiger partial charge on any atom is 0.269 e. The number of hydrogen-bond donors (Lipinski definition) is 0. The van der Waals surface area contributed by atoms with Crippen molar-refractivity contribution in [3.63, 3.8) is 0 Å². The number of nitrogens with zero attached hydrogens (tertiary/aromatic N) is 4. The molecule has 11 heteroatoms. The van der Waals surface area contributed by atoms with Crippen LogP contribution in [0.25, 0.3) is 10.6 Å². The Morgan fingerprint density at radius 1 is 1.18 bits per heavy atom. The SMILES string of the molecule is COc1nc(C)cnc1N(COCC[Si](C)(C)C)S(=O)(=O)c1cccnc1-c1cc(C)cs1. The highest BCUT2D eigenvalue weighted by Crippen LogP contribution is 2.35. The van der Waals surface area contributed by atoms with Crippen molar-refractivity contribution in [2.75, 3.05) is 24.8 Å². The van der Waals surface area contributed by atoms with Gasteiger partial charge in [-0.05, 0) is 49.0 Å². The first kappa shape index (κ1) is 25.3. The number of thiophene rings is 1. The van der Waals surface area contributed by atoms with Crippen LogP contribution < -0.4 is 9.04 Å². The van der Waals surface area contributed by atoms with Crippen molar-refractivity contribution < 1.29 is 17.9 Å². The summed E-state index contributed by atoms with van der Waals surface area (Å²) >= 11 is 1.45. The summed E-state index contributed by atoms with van der Waals surface area (Å²) < 4.78 is 40.3. The van der Waals surface area contributed by atoms with E-state index in [9.17, 15) is 8.42 Å². The van der Waals surface area contributed by atoms with E-state index in [0.29, 0.717) is 18.0 Å². The predicted molar refractivity (Wildman–Crippen MR) is 134 cm³/mol. The molecule has 0 saturated carbocycles. The first-order valence-corrected chi connectivity index (χ1v) is 16.5. The molecular formula is C22H30N4O4S2Si. The van der Waals surface area contributed by atoms with Crippen LogP contribution in [0.5, 0.6) is 5.88 Å². The topological polar surface area (TPSA) is 94.5 Å². The third-order valence-electron chi connectivity index (χ3n) is 4.78. The normalized spacial score (nSPS) is 12.1. The van der Waals surface area contributed by atoms with Gasteiger partial charge in [-0.15, -0.1) is 11.3 Å². The summed E-state index contributed by atoms with van der Waals surface area (Å²) in [5.74, 6) is 0.193. The molecule has 0 aliphatic rings. The monoisotopic (exact) mass is 506 g/mol. The molecule has 0 amide bonds. The fraction of sp³-hybridized carbons (Fsp3) is 0.409. The molecule has 0 aliphatic carbocycles. The molecule has 178 valence electrons. The molecule has 0 spiro atoms. The Hall–Kier alpha value is -2.34. The Bertz CT molecular complexity index is 1210. The van der Waals surface area contributed by atoms with Gasteiger partial charge in [-0.1, -0.05) is 19.6 Å². The van der Waals surface area contributed by atoms with E-state index in [2.05, 4.69) is 34.6 Å². The van der Waals surface area contributed by atoms with E-state index in [1.807, 2.05) is 18.4 Å². The second-order valence-corrected chi connectivity index (χ2v) is 17.2. The van der Waals surface area contributed by atoms with E-state index >= 15 is 0 Å². The lowest BCUT2D eigenvalue weighted by Gasteiger charge is -2.25. The molecule has 0 bridgehead atoms. The Morgan fingerprint density at radius 3 is 2.58 bits per heavy atom. The minimum absolute atomic E-state index is 0.0741. The molecule has 3 heterocycles. The van der Waals surface area contributed by atoms with Crippen molar-refractivity contribution in [1.82, 2.24) is 15.0 Å². The zero-order chi connectivity index (χ0) is 24.2. The van der Waals surface area contributed by atoms with E-state index in [-0.39, 0.29) is 23.3 Å². The van der Waals surface area contributed by atoms with E-state index in [0.717, 1.165) is 20.8 Å². The van der Waals surface area contributed by atoms with E-state index < -0.39 is 18.1 Å². The van der Waals surface area contributed by atoms with Crippen molar-refractivity contribution in [2.24, 2.45) is 0 Å². The first-order chi connectivity index (χ1) is 15.5. The summed E-state index contributed by atoms with van der Waals surface area (Å²) in [5, 5.41) is 1.96. The third kappa shape index (κ3) is 6.17. The molecule has 0 aromatic carbocycles. The van der Waals surface area contributed by atoms with Gasteiger partial charge in [0.2, 0.25) is 5.82 Å². The van der Waals surface area contributed by atoms with Gasteiger partial charge in [-0.3, -0.25) is 4.98 Å². The molecule has 0 saturated heterocycles. The van der Waals surface area contributed by atoms with Gasteiger partial charge in [0.25, 0.3) is 15.9 Å².